The molecule has 1 aliphatic rings. The standard InChI is InChI=1S/C26H30N4O4S/c1-33-19-11-12-20(22(15-19)34-2)21-17-35-26(28-21)29-23(31)16-27-24(18-9-5-3-6-10-18)25(32)30-13-7-4-8-14-30/h3,5-6,9-12,15,17,24,27H,4,7-8,13-14,16H2,1-2H3,(H,28,29,31)/t24-/m1/s1. The van der Waals surface area contributed by atoms with Crippen LogP contribution in [0.15, 0.2) is 53.9 Å². The molecule has 0 bridgehead atoms. The number of carbonyl (C=O) groups excluding carboxylic acids is 2. The number of benzene rings is 2. The van der Waals surface area contributed by atoms with Gasteiger partial charge in [0.15, 0.2) is 5.13 Å². The van der Waals surface area contributed by atoms with E-state index in [4.69, 9.17) is 9.47 Å². The van der Waals surface area contributed by atoms with E-state index in [0.717, 1.165) is 43.5 Å². The minimum Gasteiger partial charge on any atom is -0.497 e. The topological polar surface area (TPSA) is 92.8 Å². The quantitative estimate of drug-likeness (QED) is 0.465. The second kappa shape index (κ2) is 11.8. The van der Waals surface area contributed by atoms with Gasteiger partial charge in [-0.2, -0.15) is 0 Å². The molecule has 0 unspecified atom stereocenters. The maximum absolute atomic E-state index is 13.2. The predicted octanol–water partition coefficient (Wildman–Crippen LogP) is 4.11. The maximum Gasteiger partial charge on any atom is 0.244 e. The van der Waals surface area contributed by atoms with Crippen molar-refractivity contribution in [3.63, 3.8) is 0 Å². The molecule has 1 aliphatic heterocycles. The molecule has 184 valence electrons. The number of thiazole rings is 1. The van der Waals surface area contributed by atoms with Gasteiger partial charge in [-0.3, -0.25) is 14.9 Å². The first-order valence-corrected chi connectivity index (χ1v) is 12.5. The summed E-state index contributed by atoms with van der Waals surface area (Å²) < 4.78 is 10.7. The summed E-state index contributed by atoms with van der Waals surface area (Å²) in [5.41, 5.74) is 2.35. The zero-order valence-electron chi connectivity index (χ0n) is 20.0. The number of amides is 2. The van der Waals surface area contributed by atoms with Gasteiger partial charge in [0.2, 0.25) is 11.8 Å². The minimum atomic E-state index is -0.574. The third-order valence-corrected chi connectivity index (χ3v) is 6.71. The number of hydrogen-bond acceptors (Lipinski definition) is 7. The fourth-order valence-electron chi connectivity index (χ4n) is 4.11. The van der Waals surface area contributed by atoms with Crippen molar-refractivity contribution in [3.8, 4) is 22.8 Å². The molecule has 4 rings (SSSR count). The van der Waals surface area contributed by atoms with Crippen LogP contribution in [0.3, 0.4) is 0 Å². The van der Waals surface area contributed by atoms with Crippen molar-refractivity contribution in [1.82, 2.24) is 15.2 Å². The van der Waals surface area contributed by atoms with Crippen molar-refractivity contribution in [2.24, 2.45) is 0 Å². The third kappa shape index (κ3) is 6.17. The number of ether oxygens (including phenoxy) is 2. The molecule has 2 amide bonds. The van der Waals surface area contributed by atoms with E-state index in [9.17, 15) is 9.59 Å². The van der Waals surface area contributed by atoms with Gasteiger partial charge in [0.1, 0.15) is 17.5 Å². The monoisotopic (exact) mass is 494 g/mol. The second-order valence-electron chi connectivity index (χ2n) is 8.26. The number of likely N-dealkylation sites (tertiary alicyclic amines) is 1. The van der Waals surface area contributed by atoms with Gasteiger partial charge in [0, 0.05) is 30.1 Å². The van der Waals surface area contributed by atoms with Crippen LogP contribution in [0.5, 0.6) is 11.5 Å². The molecule has 9 heteroatoms. The Morgan fingerprint density at radius 1 is 1.06 bits per heavy atom. The lowest BCUT2D eigenvalue weighted by molar-refractivity contribution is -0.134. The summed E-state index contributed by atoms with van der Waals surface area (Å²) >= 11 is 1.33. The molecule has 1 aromatic heterocycles. The maximum atomic E-state index is 13.2. The largest absolute Gasteiger partial charge is 0.497 e. The molecule has 0 spiro atoms. The molecule has 2 heterocycles. The number of aromatic nitrogens is 1. The van der Waals surface area contributed by atoms with E-state index in [0.29, 0.717) is 22.3 Å². The Labute approximate surface area is 209 Å². The first-order chi connectivity index (χ1) is 17.1. The van der Waals surface area contributed by atoms with Gasteiger partial charge < -0.3 is 19.7 Å². The highest BCUT2D eigenvalue weighted by Crippen LogP contribution is 2.34. The lowest BCUT2D eigenvalue weighted by atomic mass is 10.0. The molecule has 0 aliphatic carbocycles. The van der Waals surface area contributed by atoms with Crippen molar-refractivity contribution >= 4 is 28.3 Å². The first kappa shape index (κ1) is 24.7. The van der Waals surface area contributed by atoms with Crippen LogP contribution >= 0.6 is 11.3 Å². The fraction of sp³-hybridized carbons (Fsp3) is 0.346. The van der Waals surface area contributed by atoms with Crippen LogP contribution in [0.25, 0.3) is 11.3 Å². The van der Waals surface area contributed by atoms with Gasteiger partial charge in [-0.05, 0) is 37.0 Å². The van der Waals surface area contributed by atoms with Crippen LogP contribution in [-0.4, -0.2) is 55.6 Å². The smallest absolute Gasteiger partial charge is 0.244 e. The summed E-state index contributed by atoms with van der Waals surface area (Å²) in [6, 6.07) is 14.5. The van der Waals surface area contributed by atoms with Gasteiger partial charge in [-0.1, -0.05) is 30.3 Å². The number of hydrogen-bond donors (Lipinski definition) is 2. The van der Waals surface area contributed by atoms with Gasteiger partial charge in [0.05, 0.1) is 26.5 Å². The Kier molecular flexibility index (Phi) is 8.33. The summed E-state index contributed by atoms with van der Waals surface area (Å²) in [6.07, 6.45) is 3.17. The number of carbonyl (C=O) groups is 2. The van der Waals surface area contributed by atoms with Crippen molar-refractivity contribution < 1.29 is 19.1 Å². The first-order valence-electron chi connectivity index (χ1n) is 11.6. The highest BCUT2D eigenvalue weighted by atomic mass is 32.1. The molecule has 1 atom stereocenters. The Morgan fingerprint density at radius 2 is 1.83 bits per heavy atom. The Balaban J connectivity index is 1.41. The zero-order chi connectivity index (χ0) is 24.6. The minimum absolute atomic E-state index is 0.00633. The van der Waals surface area contributed by atoms with E-state index in [2.05, 4.69) is 15.6 Å². The summed E-state index contributed by atoms with van der Waals surface area (Å²) in [5, 5.41) is 8.33. The summed E-state index contributed by atoms with van der Waals surface area (Å²) in [5.74, 6) is 1.07. The SMILES string of the molecule is COc1ccc(-c2csc(NC(=O)CN[C@@H](C(=O)N3CCCCC3)c3ccccc3)n2)c(OC)c1. The molecular formula is C26H30N4O4S. The fourth-order valence-corrected chi connectivity index (χ4v) is 4.84. The third-order valence-electron chi connectivity index (χ3n) is 5.95. The van der Waals surface area contributed by atoms with E-state index in [1.807, 2.05) is 52.7 Å². The molecule has 2 N–H and O–H groups in total. The summed E-state index contributed by atoms with van der Waals surface area (Å²) in [4.78, 5) is 32.4. The van der Waals surface area contributed by atoms with E-state index in [-0.39, 0.29) is 18.4 Å². The van der Waals surface area contributed by atoms with E-state index >= 15 is 0 Å². The number of rotatable bonds is 9. The summed E-state index contributed by atoms with van der Waals surface area (Å²) in [7, 11) is 3.19. The van der Waals surface area contributed by atoms with Crippen molar-refractivity contribution in [2.75, 3.05) is 39.2 Å². The number of piperidine rings is 1. The van der Waals surface area contributed by atoms with Gasteiger partial charge in [-0.25, -0.2) is 4.98 Å². The highest BCUT2D eigenvalue weighted by molar-refractivity contribution is 7.14. The summed E-state index contributed by atoms with van der Waals surface area (Å²) in [6.45, 7) is 1.50. The van der Waals surface area contributed by atoms with Gasteiger partial charge in [-0.15, -0.1) is 11.3 Å². The van der Waals surface area contributed by atoms with E-state index < -0.39 is 6.04 Å². The molecule has 2 aromatic carbocycles. The van der Waals surface area contributed by atoms with Crippen LogP contribution in [0.2, 0.25) is 0 Å². The molecule has 1 saturated heterocycles. The molecule has 0 saturated carbocycles. The van der Waals surface area contributed by atoms with Crippen LogP contribution in [0.4, 0.5) is 5.13 Å². The van der Waals surface area contributed by atoms with Crippen molar-refractivity contribution in [1.29, 1.82) is 0 Å². The normalized spacial score (nSPS) is 14.3. The Hall–Kier alpha value is -3.43. The predicted molar refractivity (Wildman–Crippen MR) is 137 cm³/mol. The van der Waals surface area contributed by atoms with Gasteiger partial charge >= 0.3 is 0 Å². The molecular weight excluding hydrogens is 464 g/mol. The molecule has 0 radical (unpaired) electrons. The number of nitrogens with zero attached hydrogens (tertiary/aromatic N) is 2. The van der Waals surface area contributed by atoms with Crippen LogP contribution in [0, 0.1) is 0 Å². The van der Waals surface area contributed by atoms with Crippen LogP contribution in [-0.2, 0) is 9.59 Å². The van der Waals surface area contributed by atoms with Crippen LogP contribution < -0.4 is 20.1 Å². The molecule has 8 nitrogen and oxygen atoms in total. The van der Waals surface area contributed by atoms with Crippen LogP contribution in [0.1, 0.15) is 30.9 Å². The molecule has 35 heavy (non-hydrogen) atoms. The van der Waals surface area contributed by atoms with Crippen molar-refractivity contribution in [2.45, 2.75) is 25.3 Å². The second-order valence-corrected chi connectivity index (χ2v) is 9.12. The lowest BCUT2D eigenvalue weighted by Gasteiger charge is -2.31. The number of anilines is 1. The molecule has 3 aromatic rings. The van der Waals surface area contributed by atoms with Gasteiger partial charge in [0.25, 0.3) is 0 Å². The molecule has 1 fully saturated rings. The van der Waals surface area contributed by atoms with E-state index in [1.54, 1.807) is 20.3 Å². The lowest BCUT2D eigenvalue weighted by Crippen LogP contribution is -2.45. The Bertz CT molecular complexity index is 1150. The zero-order valence-corrected chi connectivity index (χ0v) is 20.8. The highest BCUT2D eigenvalue weighted by Gasteiger charge is 2.27. The average molecular weight is 495 g/mol. The van der Waals surface area contributed by atoms with E-state index in [1.165, 1.54) is 11.3 Å². The number of methoxy groups -OCH3 is 2. The Morgan fingerprint density at radius 3 is 2.54 bits per heavy atom. The number of nitrogens with one attached hydrogen (secondary N) is 2. The van der Waals surface area contributed by atoms with Crippen molar-refractivity contribution in [3.05, 3.63) is 59.5 Å². The average Bonchev–Trinajstić information content (AvgIpc) is 3.37.